The number of benzene rings is 3. The zero-order valence-electron chi connectivity index (χ0n) is 18.6. The van der Waals surface area contributed by atoms with E-state index in [1.807, 2.05) is 91.0 Å². The van der Waals surface area contributed by atoms with Gasteiger partial charge in [-0.25, -0.2) is 10.3 Å². The number of carbonyl (C=O) groups excluding carboxylic acids is 3. The largest absolute Gasteiger partial charge is 0.445 e. The molecule has 0 bridgehead atoms. The number of ether oxygens (including phenoxy) is 1. The molecule has 3 aromatic carbocycles. The first-order chi connectivity index (χ1) is 16.6. The van der Waals surface area contributed by atoms with Gasteiger partial charge in [-0.2, -0.15) is 0 Å². The summed E-state index contributed by atoms with van der Waals surface area (Å²) in [6, 6.07) is 26.9. The van der Waals surface area contributed by atoms with E-state index in [1.54, 1.807) is 0 Å². The minimum atomic E-state index is -0.927. The van der Waals surface area contributed by atoms with Crippen molar-refractivity contribution in [2.24, 2.45) is 0 Å². The highest BCUT2D eigenvalue weighted by molar-refractivity contribution is 5.89. The summed E-state index contributed by atoms with van der Waals surface area (Å²) in [7, 11) is 0. The summed E-state index contributed by atoms with van der Waals surface area (Å²) in [5.41, 5.74) is 4.86. The summed E-state index contributed by atoms with van der Waals surface area (Å²) < 4.78 is 5.24. The first-order valence-electron chi connectivity index (χ1n) is 10.8. The Kier molecular flexibility index (Phi) is 9.64. The molecule has 1 atom stereocenters. The van der Waals surface area contributed by atoms with Gasteiger partial charge in [-0.05, 0) is 16.7 Å². The van der Waals surface area contributed by atoms with Gasteiger partial charge in [-0.1, -0.05) is 91.0 Å². The fraction of sp³-hybridized carbons (Fsp3) is 0.192. The normalized spacial score (nSPS) is 11.2. The standard InChI is InChI=1S/C26H27N3O5/c30-24(29-34-19-22-14-8-3-9-15-22)17-27-25(31)23(16-20-10-4-1-5-11-20)28-26(32)33-18-21-12-6-2-7-13-21/h1-15,23H,16-19H2,(H,27,31)(H,28,32)(H,29,30)/t23-/m0/s1. The van der Waals surface area contributed by atoms with E-state index in [9.17, 15) is 14.4 Å². The maximum Gasteiger partial charge on any atom is 0.408 e. The lowest BCUT2D eigenvalue weighted by Gasteiger charge is -2.18. The van der Waals surface area contributed by atoms with Crippen LogP contribution < -0.4 is 16.1 Å². The molecule has 3 N–H and O–H groups in total. The Balaban J connectivity index is 1.49. The van der Waals surface area contributed by atoms with E-state index in [4.69, 9.17) is 9.57 Å². The average molecular weight is 462 g/mol. The lowest BCUT2D eigenvalue weighted by molar-refractivity contribution is -0.135. The van der Waals surface area contributed by atoms with E-state index in [1.165, 1.54) is 0 Å². The first kappa shape index (κ1) is 24.5. The second kappa shape index (κ2) is 13.4. The Morgan fingerprint density at radius 2 is 1.24 bits per heavy atom. The van der Waals surface area contributed by atoms with Crippen LogP contribution in [0, 0.1) is 0 Å². The Morgan fingerprint density at radius 3 is 1.82 bits per heavy atom. The van der Waals surface area contributed by atoms with Crippen LogP contribution in [0.4, 0.5) is 4.79 Å². The van der Waals surface area contributed by atoms with Gasteiger partial charge in [0.15, 0.2) is 0 Å². The van der Waals surface area contributed by atoms with Crippen LogP contribution in [0.25, 0.3) is 0 Å². The molecule has 176 valence electrons. The molecule has 3 amide bonds. The molecule has 0 spiro atoms. The van der Waals surface area contributed by atoms with Crippen molar-refractivity contribution in [1.82, 2.24) is 16.1 Å². The van der Waals surface area contributed by atoms with Crippen LogP contribution in [0.5, 0.6) is 0 Å². The number of hydrogen-bond donors (Lipinski definition) is 3. The van der Waals surface area contributed by atoms with Gasteiger partial charge in [0.2, 0.25) is 5.91 Å². The van der Waals surface area contributed by atoms with E-state index < -0.39 is 23.9 Å². The van der Waals surface area contributed by atoms with Crippen molar-refractivity contribution in [2.75, 3.05) is 6.54 Å². The van der Waals surface area contributed by atoms with Crippen LogP contribution in [-0.4, -0.2) is 30.5 Å². The van der Waals surface area contributed by atoms with Crippen LogP contribution in [0.15, 0.2) is 91.0 Å². The topological polar surface area (TPSA) is 106 Å². The van der Waals surface area contributed by atoms with Gasteiger partial charge in [0.05, 0.1) is 13.2 Å². The Bertz CT molecular complexity index is 1050. The molecule has 3 aromatic rings. The lowest BCUT2D eigenvalue weighted by atomic mass is 10.1. The Hall–Kier alpha value is -4.17. The van der Waals surface area contributed by atoms with Crippen molar-refractivity contribution in [3.8, 4) is 0 Å². The molecule has 0 fully saturated rings. The number of hydroxylamine groups is 1. The smallest absolute Gasteiger partial charge is 0.408 e. The molecule has 8 nitrogen and oxygen atoms in total. The molecule has 3 rings (SSSR count). The van der Waals surface area contributed by atoms with E-state index >= 15 is 0 Å². The first-order valence-corrected chi connectivity index (χ1v) is 10.8. The molecule has 0 saturated heterocycles. The summed E-state index contributed by atoms with van der Waals surface area (Å²) in [6.07, 6.45) is -0.491. The van der Waals surface area contributed by atoms with Crippen LogP contribution in [0.1, 0.15) is 16.7 Å². The summed E-state index contributed by atoms with van der Waals surface area (Å²) in [5.74, 6) is -1.03. The molecule has 0 aliphatic carbocycles. The predicted molar refractivity (Wildman–Crippen MR) is 126 cm³/mol. The quantitative estimate of drug-likeness (QED) is 0.381. The molecule has 34 heavy (non-hydrogen) atoms. The molecule has 8 heteroatoms. The zero-order chi connectivity index (χ0) is 24.0. The van der Waals surface area contributed by atoms with E-state index in [-0.39, 0.29) is 26.2 Å². The summed E-state index contributed by atoms with van der Waals surface area (Å²) in [4.78, 5) is 42.3. The molecule has 0 radical (unpaired) electrons. The number of amides is 3. The highest BCUT2D eigenvalue weighted by Crippen LogP contribution is 2.05. The molecule has 0 heterocycles. The molecule has 0 unspecified atom stereocenters. The number of nitrogens with one attached hydrogen (secondary N) is 3. The van der Waals surface area contributed by atoms with Crippen LogP contribution in [-0.2, 0) is 38.8 Å². The predicted octanol–water partition coefficient (Wildman–Crippen LogP) is 2.89. The van der Waals surface area contributed by atoms with Crippen molar-refractivity contribution < 1.29 is 24.0 Å². The Morgan fingerprint density at radius 1 is 0.706 bits per heavy atom. The molecule has 0 aliphatic heterocycles. The maximum absolute atomic E-state index is 12.8. The molecule has 0 saturated carbocycles. The van der Waals surface area contributed by atoms with Crippen molar-refractivity contribution in [2.45, 2.75) is 25.7 Å². The highest BCUT2D eigenvalue weighted by Gasteiger charge is 2.22. The minimum Gasteiger partial charge on any atom is -0.445 e. The van der Waals surface area contributed by atoms with Gasteiger partial charge in [0.25, 0.3) is 5.91 Å². The number of carbonyl (C=O) groups is 3. The van der Waals surface area contributed by atoms with E-state index in [0.29, 0.717) is 0 Å². The van der Waals surface area contributed by atoms with Crippen molar-refractivity contribution in [3.05, 3.63) is 108 Å². The molecule has 0 aromatic heterocycles. The number of alkyl carbamates (subject to hydrolysis) is 1. The van der Waals surface area contributed by atoms with E-state index in [2.05, 4.69) is 16.1 Å². The van der Waals surface area contributed by atoms with Gasteiger partial charge in [0, 0.05) is 6.42 Å². The third-order valence-corrected chi connectivity index (χ3v) is 4.79. The third kappa shape index (κ3) is 8.76. The summed E-state index contributed by atoms with van der Waals surface area (Å²) >= 11 is 0. The van der Waals surface area contributed by atoms with Crippen molar-refractivity contribution >= 4 is 17.9 Å². The Labute approximate surface area is 198 Å². The fourth-order valence-corrected chi connectivity index (χ4v) is 3.07. The maximum atomic E-state index is 12.8. The second-order valence-electron chi connectivity index (χ2n) is 7.47. The third-order valence-electron chi connectivity index (χ3n) is 4.79. The van der Waals surface area contributed by atoms with E-state index in [0.717, 1.165) is 16.7 Å². The zero-order valence-corrected chi connectivity index (χ0v) is 18.6. The minimum absolute atomic E-state index is 0.0769. The van der Waals surface area contributed by atoms with Gasteiger partial charge in [-0.15, -0.1) is 0 Å². The highest BCUT2D eigenvalue weighted by atomic mass is 16.6. The van der Waals surface area contributed by atoms with Crippen LogP contribution in [0.3, 0.4) is 0 Å². The van der Waals surface area contributed by atoms with Crippen LogP contribution >= 0.6 is 0 Å². The average Bonchev–Trinajstić information content (AvgIpc) is 2.87. The second-order valence-corrected chi connectivity index (χ2v) is 7.47. The monoisotopic (exact) mass is 461 g/mol. The van der Waals surface area contributed by atoms with Crippen molar-refractivity contribution in [1.29, 1.82) is 0 Å². The summed E-state index contributed by atoms with van der Waals surface area (Å²) in [6.45, 7) is -0.0286. The van der Waals surface area contributed by atoms with Gasteiger partial charge < -0.3 is 15.4 Å². The lowest BCUT2D eigenvalue weighted by Crippen LogP contribution is -2.50. The number of hydrogen-bond acceptors (Lipinski definition) is 5. The van der Waals surface area contributed by atoms with Gasteiger partial charge in [-0.3, -0.25) is 14.4 Å². The molecular formula is C26H27N3O5. The molecular weight excluding hydrogens is 434 g/mol. The van der Waals surface area contributed by atoms with Gasteiger partial charge in [0.1, 0.15) is 12.6 Å². The molecule has 0 aliphatic rings. The summed E-state index contributed by atoms with van der Waals surface area (Å²) in [5, 5.41) is 5.12. The fourth-order valence-electron chi connectivity index (χ4n) is 3.07. The number of rotatable bonds is 11. The van der Waals surface area contributed by atoms with Crippen molar-refractivity contribution in [3.63, 3.8) is 0 Å². The SMILES string of the molecule is O=C(CNC(=O)[C@H](Cc1ccccc1)NC(=O)OCc1ccccc1)NOCc1ccccc1. The van der Waals surface area contributed by atoms with Gasteiger partial charge >= 0.3 is 6.09 Å². The van der Waals surface area contributed by atoms with Crippen LogP contribution in [0.2, 0.25) is 0 Å².